The SMILES string of the molecule is OCCCC1CCCN1CCc1nc(-c2ccccc2)no1. The first-order valence-corrected chi connectivity index (χ1v) is 8.10. The van der Waals surface area contributed by atoms with Gasteiger partial charge in [-0.05, 0) is 32.2 Å². The van der Waals surface area contributed by atoms with E-state index < -0.39 is 0 Å². The minimum absolute atomic E-state index is 0.286. The van der Waals surface area contributed by atoms with Gasteiger partial charge in [0.05, 0.1) is 0 Å². The summed E-state index contributed by atoms with van der Waals surface area (Å²) in [5.41, 5.74) is 0.986. The van der Waals surface area contributed by atoms with Crippen LogP contribution in [0.3, 0.4) is 0 Å². The predicted molar refractivity (Wildman–Crippen MR) is 84.4 cm³/mol. The minimum Gasteiger partial charge on any atom is -0.396 e. The molecule has 0 bridgehead atoms. The van der Waals surface area contributed by atoms with E-state index in [0.29, 0.717) is 17.8 Å². The molecule has 3 rings (SSSR count). The Morgan fingerprint density at radius 2 is 2.14 bits per heavy atom. The van der Waals surface area contributed by atoms with Crippen molar-refractivity contribution < 1.29 is 9.63 Å². The molecule has 0 saturated carbocycles. The Balaban J connectivity index is 1.55. The van der Waals surface area contributed by atoms with Gasteiger partial charge in [-0.3, -0.25) is 4.90 Å². The molecule has 1 fully saturated rings. The molecule has 1 aliphatic rings. The van der Waals surface area contributed by atoms with Gasteiger partial charge >= 0.3 is 0 Å². The van der Waals surface area contributed by atoms with E-state index in [2.05, 4.69) is 15.0 Å². The van der Waals surface area contributed by atoms with Crippen molar-refractivity contribution in [1.82, 2.24) is 15.0 Å². The molecule has 1 aliphatic heterocycles. The molecule has 0 amide bonds. The summed E-state index contributed by atoms with van der Waals surface area (Å²) in [7, 11) is 0. The van der Waals surface area contributed by atoms with Crippen LogP contribution in [0, 0.1) is 0 Å². The lowest BCUT2D eigenvalue weighted by Gasteiger charge is -2.23. The molecule has 2 aromatic rings. The summed E-state index contributed by atoms with van der Waals surface area (Å²) in [6.45, 7) is 2.37. The monoisotopic (exact) mass is 301 g/mol. The molecule has 1 aromatic heterocycles. The maximum Gasteiger partial charge on any atom is 0.228 e. The topological polar surface area (TPSA) is 62.4 Å². The van der Waals surface area contributed by atoms with Gasteiger partial charge in [-0.1, -0.05) is 35.5 Å². The van der Waals surface area contributed by atoms with Crippen molar-refractivity contribution in [1.29, 1.82) is 0 Å². The van der Waals surface area contributed by atoms with Crippen molar-refractivity contribution in [3.63, 3.8) is 0 Å². The first-order valence-electron chi connectivity index (χ1n) is 8.10. The van der Waals surface area contributed by atoms with Crippen molar-refractivity contribution in [2.24, 2.45) is 0 Å². The van der Waals surface area contributed by atoms with Crippen molar-refractivity contribution >= 4 is 0 Å². The van der Waals surface area contributed by atoms with E-state index in [1.807, 2.05) is 30.3 Å². The van der Waals surface area contributed by atoms with Crippen molar-refractivity contribution in [3.8, 4) is 11.4 Å². The Kier molecular flexibility index (Phi) is 5.19. The number of hydrogen-bond donors (Lipinski definition) is 1. The van der Waals surface area contributed by atoms with E-state index in [0.717, 1.165) is 37.9 Å². The van der Waals surface area contributed by atoms with Crippen LogP contribution >= 0.6 is 0 Å². The quantitative estimate of drug-likeness (QED) is 0.851. The number of rotatable bonds is 7. The van der Waals surface area contributed by atoms with Gasteiger partial charge in [-0.25, -0.2) is 0 Å². The average molecular weight is 301 g/mol. The Bertz CT molecular complexity index is 570. The van der Waals surface area contributed by atoms with Crippen LogP contribution in [0.2, 0.25) is 0 Å². The van der Waals surface area contributed by atoms with Crippen molar-refractivity contribution in [2.75, 3.05) is 19.7 Å². The van der Waals surface area contributed by atoms with Gasteiger partial charge in [-0.15, -0.1) is 0 Å². The van der Waals surface area contributed by atoms with Gasteiger partial charge in [0.25, 0.3) is 0 Å². The fourth-order valence-electron chi connectivity index (χ4n) is 3.14. The molecule has 5 nitrogen and oxygen atoms in total. The van der Waals surface area contributed by atoms with E-state index in [9.17, 15) is 0 Å². The molecule has 1 aromatic carbocycles. The molecular formula is C17H23N3O2. The standard InChI is InChI=1S/C17H23N3O2/c21-13-5-9-15-8-4-11-20(15)12-10-16-18-17(19-22-16)14-6-2-1-3-7-14/h1-3,6-7,15,21H,4-5,8-13H2. The predicted octanol–water partition coefficient (Wildman–Crippen LogP) is 2.52. The van der Waals surface area contributed by atoms with Crippen LogP contribution in [0.5, 0.6) is 0 Å². The van der Waals surface area contributed by atoms with Gasteiger partial charge < -0.3 is 9.63 Å². The van der Waals surface area contributed by atoms with Crippen molar-refractivity contribution in [3.05, 3.63) is 36.2 Å². The molecule has 22 heavy (non-hydrogen) atoms. The van der Waals surface area contributed by atoms with Crippen LogP contribution < -0.4 is 0 Å². The first-order chi connectivity index (χ1) is 10.9. The summed E-state index contributed by atoms with van der Waals surface area (Å²) in [4.78, 5) is 6.97. The minimum atomic E-state index is 0.286. The summed E-state index contributed by atoms with van der Waals surface area (Å²) in [5.74, 6) is 1.36. The summed E-state index contributed by atoms with van der Waals surface area (Å²) in [6, 6.07) is 10.5. The lowest BCUT2D eigenvalue weighted by Crippen LogP contribution is -2.31. The Morgan fingerprint density at radius 3 is 2.95 bits per heavy atom. The van der Waals surface area contributed by atoms with Crippen LogP contribution in [0.4, 0.5) is 0 Å². The van der Waals surface area contributed by atoms with E-state index in [1.165, 1.54) is 12.8 Å². The normalized spacial score (nSPS) is 18.9. The number of hydrogen-bond acceptors (Lipinski definition) is 5. The van der Waals surface area contributed by atoms with Crippen molar-refractivity contribution in [2.45, 2.75) is 38.1 Å². The second-order valence-electron chi connectivity index (χ2n) is 5.83. The highest BCUT2D eigenvalue weighted by Gasteiger charge is 2.24. The number of benzene rings is 1. The van der Waals surface area contributed by atoms with Crippen LogP contribution in [0.25, 0.3) is 11.4 Å². The summed E-state index contributed by atoms with van der Waals surface area (Å²) in [6.07, 6.45) is 5.24. The number of aliphatic hydroxyl groups is 1. The van der Waals surface area contributed by atoms with Crippen LogP contribution in [0.1, 0.15) is 31.6 Å². The van der Waals surface area contributed by atoms with Gasteiger partial charge in [-0.2, -0.15) is 4.98 Å². The van der Waals surface area contributed by atoms with E-state index in [4.69, 9.17) is 9.63 Å². The number of likely N-dealkylation sites (tertiary alicyclic amines) is 1. The Labute approximate surface area is 131 Å². The van der Waals surface area contributed by atoms with Crippen LogP contribution in [0.15, 0.2) is 34.9 Å². The molecule has 1 saturated heterocycles. The highest BCUT2D eigenvalue weighted by Crippen LogP contribution is 2.22. The molecule has 1 atom stereocenters. The summed E-state index contributed by atoms with van der Waals surface area (Å²) in [5, 5.41) is 13.0. The third-order valence-corrected chi connectivity index (χ3v) is 4.31. The fourth-order valence-corrected chi connectivity index (χ4v) is 3.14. The lowest BCUT2D eigenvalue weighted by molar-refractivity contribution is 0.212. The Morgan fingerprint density at radius 1 is 1.27 bits per heavy atom. The molecule has 0 spiro atoms. The maximum atomic E-state index is 8.98. The zero-order valence-corrected chi connectivity index (χ0v) is 12.8. The third-order valence-electron chi connectivity index (χ3n) is 4.31. The number of nitrogens with zero attached hydrogens (tertiary/aromatic N) is 3. The highest BCUT2D eigenvalue weighted by molar-refractivity contribution is 5.53. The summed E-state index contributed by atoms with van der Waals surface area (Å²) >= 11 is 0. The van der Waals surface area contributed by atoms with Gasteiger partial charge in [0.2, 0.25) is 11.7 Å². The first kappa shape index (κ1) is 15.2. The molecule has 118 valence electrons. The third kappa shape index (κ3) is 3.72. The largest absolute Gasteiger partial charge is 0.396 e. The van der Waals surface area contributed by atoms with Gasteiger partial charge in [0.15, 0.2) is 0 Å². The number of aromatic nitrogens is 2. The zero-order valence-electron chi connectivity index (χ0n) is 12.8. The zero-order chi connectivity index (χ0) is 15.2. The summed E-state index contributed by atoms with van der Waals surface area (Å²) < 4.78 is 5.37. The number of aliphatic hydroxyl groups excluding tert-OH is 1. The molecule has 0 aliphatic carbocycles. The fraction of sp³-hybridized carbons (Fsp3) is 0.529. The van der Waals surface area contributed by atoms with Gasteiger partial charge in [0.1, 0.15) is 0 Å². The molecule has 5 heteroatoms. The second-order valence-corrected chi connectivity index (χ2v) is 5.83. The highest BCUT2D eigenvalue weighted by atomic mass is 16.5. The van der Waals surface area contributed by atoms with Crippen LogP contribution in [-0.2, 0) is 6.42 Å². The molecule has 0 radical (unpaired) electrons. The molecular weight excluding hydrogens is 278 g/mol. The van der Waals surface area contributed by atoms with E-state index >= 15 is 0 Å². The Hall–Kier alpha value is -1.72. The van der Waals surface area contributed by atoms with E-state index in [1.54, 1.807) is 0 Å². The van der Waals surface area contributed by atoms with E-state index in [-0.39, 0.29) is 6.61 Å². The van der Waals surface area contributed by atoms with Crippen LogP contribution in [-0.4, -0.2) is 45.9 Å². The smallest absolute Gasteiger partial charge is 0.228 e. The average Bonchev–Trinajstić information content (AvgIpc) is 3.21. The molecule has 2 heterocycles. The lowest BCUT2D eigenvalue weighted by atomic mass is 10.1. The second kappa shape index (κ2) is 7.51. The van der Waals surface area contributed by atoms with Gasteiger partial charge in [0, 0.05) is 31.2 Å². The maximum absolute atomic E-state index is 8.98. The molecule has 1 N–H and O–H groups in total. The molecule has 1 unspecified atom stereocenters.